The fraction of sp³-hybridized carbons (Fsp3) is 0.556. The van der Waals surface area contributed by atoms with Crippen molar-refractivity contribution in [3.8, 4) is 11.5 Å². The molecule has 1 aromatic carbocycles. The van der Waals surface area contributed by atoms with Crippen LogP contribution in [0.25, 0.3) is 0 Å². The van der Waals surface area contributed by atoms with E-state index >= 15 is 0 Å². The van der Waals surface area contributed by atoms with Crippen molar-refractivity contribution < 1.29 is 19.1 Å². The number of amides is 2. The van der Waals surface area contributed by atoms with Crippen molar-refractivity contribution in [1.82, 2.24) is 9.80 Å². The quantitative estimate of drug-likeness (QED) is 0.550. The summed E-state index contributed by atoms with van der Waals surface area (Å²) in [5.41, 5.74) is 0.728. The van der Waals surface area contributed by atoms with Gasteiger partial charge in [-0.1, -0.05) is 25.0 Å². The highest BCUT2D eigenvalue weighted by molar-refractivity contribution is 7.10. The van der Waals surface area contributed by atoms with Gasteiger partial charge in [-0.25, -0.2) is 0 Å². The SMILES string of the molecule is COc1ccccc1OC[C@@H]1c2ccsc2CCN1C(=O)CN(C(=O)C1CCCC1)C(C)(C)C. The van der Waals surface area contributed by atoms with Gasteiger partial charge in [0.05, 0.1) is 13.2 Å². The largest absolute Gasteiger partial charge is 0.493 e. The molecule has 184 valence electrons. The number of methoxy groups -OCH3 is 1. The predicted octanol–water partition coefficient (Wildman–Crippen LogP) is 5.08. The van der Waals surface area contributed by atoms with E-state index in [1.165, 1.54) is 4.88 Å². The molecule has 0 unspecified atom stereocenters. The van der Waals surface area contributed by atoms with E-state index in [-0.39, 0.29) is 30.3 Å². The Hall–Kier alpha value is -2.54. The fourth-order valence-corrected chi connectivity index (χ4v) is 5.97. The molecule has 0 radical (unpaired) electrons. The lowest BCUT2D eigenvalue weighted by molar-refractivity contribution is -0.149. The topological polar surface area (TPSA) is 59.1 Å². The molecule has 4 rings (SSSR count). The van der Waals surface area contributed by atoms with Gasteiger partial charge in [0.2, 0.25) is 11.8 Å². The van der Waals surface area contributed by atoms with E-state index in [0.29, 0.717) is 24.7 Å². The van der Waals surface area contributed by atoms with Gasteiger partial charge in [-0.05, 0) is 69.2 Å². The minimum Gasteiger partial charge on any atom is -0.493 e. The number of hydrogen-bond acceptors (Lipinski definition) is 5. The monoisotopic (exact) mass is 484 g/mol. The number of carbonyl (C=O) groups is 2. The lowest BCUT2D eigenvalue weighted by Crippen LogP contribution is -2.54. The maximum atomic E-state index is 13.7. The molecule has 1 saturated carbocycles. The van der Waals surface area contributed by atoms with Crippen LogP contribution in [0.3, 0.4) is 0 Å². The van der Waals surface area contributed by atoms with E-state index in [1.807, 2.05) is 49.9 Å². The number of fused-ring (bicyclic) bond motifs is 1. The van der Waals surface area contributed by atoms with Gasteiger partial charge in [0.1, 0.15) is 13.2 Å². The molecule has 2 aromatic rings. The van der Waals surface area contributed by atoms with E-state index < -0.39 is 5.54 Å². The Morgan fingerprint density at radius 3 is 2.50 bits per heavy atom. The summed E-state index contributed by atoms with van der Waals surface area (Å²) in [5.74, 6) is 1.47. The van der Waals surface area contributed by atoms with Crippen LogP contribution < -0.4 is 9.47 Å². The molecule has 2 amide bonds. The van der Waals surface area contributed by atoms with Crippen molar-refractivity contribution in [2.75, 3.05) is 26.8 Å². The number of thiophene rings is 1. The summed E-state index contributed by atoms with van der Waals surface area (Å²) in [7, 11) is 1.62. The lowest BCUT2D eigenvalue weighted by Gasteiger charge is -2.41. The van der Waals surface area contributed by atoms with E-state index in [4.69, 9.17) is 9.47 Å². The van der Waals surface area contributed by atoms with Crippen LogP contribution in [-0.2, 0) is 16.0 Å². The summed E-state index contributed by atoms with van der Waals surface area (Å²) in [6.07, 6.45) is 4.87. The van der Waals surface area contributed by atoms with Gasteiger partial charge in [-0.3, -0.25) is 9.59 Å². The number of para-hydroxylation sites is 2. The average Bonchev–Trinajstić information content (AvgIpc) is 3.52. The molecule has 0 bridgehead atoms. The molecule has 2 heterocycles. The highest BCUT2D eigenvalue weighted by Gasteiger charge is 2.38. The van der Waals surface area contributed by atoms with Gasteiger partial charge in [0.15, 0.2) is 11.5 Å². The summed E-state index contributed by atoms with van der Waals surface area (Å²) >= 11 is 1.73. The van der Waals surface area contributed by atoms with Crippen molar-refractivity contribution in [2.45, 2.75) is 64.5 Å². The Balaban J connectivity index is 1.54. The second-order valence-electron chi connectivity index (χ2n) is 10.2. The molecule has 2 aliphatic rings. The van der Waals surface area contributed by atoms with Crippen molar-refractivity contribution in [2.24, 2.45) is 5.92 Å². The van der Waals surface area contributed by atoms with Gasteiger partial charge in [0, 0.05) is 22.9 Å². The Labute approximate surface area is 206 Å². The van der Waals surface area contributed by atoms with Crippen LogP contribution >= 0.6 is 11.3 Å². The number of rotatable bonds is 7. The molecule has 0 saturated heterocycles. The van der Waals surface area contributed by atoms with Crippen LogP contribution in [0.2, 0.25) is 0 Å². The zero-order valence-corrected chi connectivity index (χ0v) is 21.5. The zero-order valence-electron chi connectivity index (χ0n) is 20.7. The fourth-order valence-electron chi connectivity index (χ4n) is 5.05. The van der Waals surface area contributed by atoms with Crippen LogP contribution in [0.15, 0.2) is 35.7 Å². The van der Waals surface area contributed by atoms with Gasteiger partial charge in [-0.2, -0.15) is 0 Å². The van der Waals surface area contributed by atoms with Crippen LogP contribution in [-0.4, -0.2) is 54.0 Å². The highest BCUT2D eigenvalue weighted by Crippen LogP contribution is 2.36. The minimum absolute atomic E-state index is 0.0215. The van der Waals surface area contributed by atoms with Crippen molar-refractivity contribution >= 4 is 23.2 Å². The normalized spacial score (nSPS) is 18.5. The molecule has 7 heteroatoms. The third-order valence-corrected chi connectivity index (χ3v) is 7.95. The first-order valence-electron chi connectivity index (χ1n) is 12.2. The van der Waals surface area contributed by atoms with E-state index in [0.717, 1.165) is 37.7 Å². The van der Waals surface area contributed by atoms with E-state index in [9.17, 15) is 9.59 Å². The second kappa shape index (κ2) is 10.4. The van der Waals surface area contributed by atoms with Crippen molar-refractivity contribution in [3.05, 3.63) is 46.2 Å². The standard InChI is InChI=1S/C27H36N2O4S/c1-27(2,3)29(26(31)19-9-5-6-10-19)17-25(30)28-15-13-24-20(14-16-34-24)21(28)18-33-23-12-8-7-11-22(23)32-4/h7-8,11-12,14,16,19,21H,5-6,9-10,13,15,17-18H2,1-4H3/t21-/m1/s1. The Morgan fingerprint density at radius 2 is 1.82 bits per heavy atom. The second-order valence-corrected chi connectivity index (χ2v) is 11.2. The third-order valence-electron chi connectivity index (χ3n) is 6.95. The Morgan fingerprint density at radius 1 is 1.12 bits per heavy atom. The van der Waals surface area contributed by atoms with E-state index in [1.54, 1.807) is 23.3 Å². The zero-order chi connectivity index (χ0) is 24.3. The van der Waals surface area contributed by atoms with Gasteiger partial charge in [-0.15, -0.1) is 11.3 Å². The first kappa shape index (κ1) is 24.6. The molecular formula is C27H36N2O4S. The molecule has 1 aliphatic carbocycles. The Bertz CT molecular complexity index is 1010. The molecule has 1 aliphatic heterocycles. The highest BCUT2D eigenvalue weighted by atomic mass is 32.1. The number of carbonyl (C=O) groups excluding carboxylic acids is 2. The smallest absolute Gasteiger partial charge is 0.242 e. The maximum Gasteiger partial charge on any atom is 0.242 e. The molecular weight excluding hydrogens is 448 g/mol. The van der Waals surface area contributed by atoms with Crippen LogP contribution in [0.5, 0.6) is 11.5 Å². The summed E-state index contributed by atoms with van der Waals surface area (Å²) in [5, 5.41) is 2.08. The molecule has 0 spiro atoms. The number of ether oxygens (including phenoxy) is 2. The Kier molecular flexibility index (Phi) is 7.51. The van der Waals surface area contributed by atoms with Crippen molar-refractivity contribution in [3.63, 3.8) is 0 Å². The molecule has 1 aromatic heterocycles. The first-order valence-corrected chi connectivity index (χ1v) is 13.1. The number of nitrogens with zero attached hydrogens (tertiary/aromatic N) is 2. The summed E-state index contributed by atoms with van der Waals surface area (Å²) in [6, 6.07) is 9.46. The van der Waals surface area contributed by atoms with Gasteiger partial charge < -0.3 is 19.3 Å². The van der Waals surface area contributed by atoms with Crippen LogP contribution in [0.1, 0.15) is 62.9 Å². The predicted molar refractivity (Wildman–Crippen MR) is 134 cm³/mol. The molecule has 6 nitrogen and oxygen atoms in total. The third kappa shape index (κ3) is 5.24. The van der Waals surface area contributed by atoms with Gasteiger partial charge in [0.25, 0.3) is 0 Å². The minimum atomic E-state index is -0.415. The molecule has 1 atom stereocenters. The summed E-state index contributed by atoms with van der Waals surface area (Å²) in [4.78, 5) is 32.1. The van der Waals surface area contributed by atoms with Crippen LogP contribution in [0.4, 0.5) is 0 Å². The number of benzene rings is 1. The summed E-state index contributed by atoms with van der Waals surface area (Å²) < 4.78 is 11.6. The molecule has 0 N–H and O–H groups in total. The average molecular weight is 485 g/mol. The van der Waals surface area contributed by atoms with Crippen LogP contribution in [0, 0.1) is 5.92 Å². The van der Waals surface area contributed by atoms with Gasteiger partial charge >= 0.3 is 0 Å². The molecule has 1 fully saturated rings. The summed E-state index contributed by atoms with van der Waals surface area (Å²) in [6.45, 7) is 7.11. The lowest BCUT2D eigenvalue weighted by atomic mass is 9.98. The first-order chi connectivity index (χ1) is 16.3. The number of hydrogen-bond donors (Lipinski definition) is 0. The van der Waals surface area contributed by atoms with E-state index in [2.05, 4.69) is 11.4 Å². The maximum absolute atomic E-state index is 13.7. The van der Waals surface area contributed by atoms with Crippen molar-refractivity contribution in [1.29, 1.82) is 0 Å². The molecule has 34 heavy (non-hydrogen) atoms.